The van der Waals surface area contributed by atoms with Crippen molar-refractivity contribution in [3.05, 3.63) is 42.2 Å². The SMILES string of the molecule is O=C1C2CC=CCC2C(=O)N1c1ccccc1F. The number of amides is 2. The van der Waals surface area contributed by atoms with E-state index in [9.17, 15) is 14.0 Å². The summed E-state index contributed by atoms with van der Waals surface area (Å²) in [5.74, 6) is -1.73. The van der Waals surface area contributed by atoms with Crippen LogP contribution in [-0.4, -0.2) is 11.8 Å². The van der Waals surface area contributed by atoms with Gasteiger partial charge in [-0.05, 0) is 25.0 Å². The molecule has 1 fully saturated rings. The zero-order valence-electron chi connectivity index (χ0n) is 9.67. The minimum atomic E-state index is -0.536. The zero-order chi connectivity index (χ0) is 12.7. The third-order valence-corrected chi connectivity index (χ3v) is 3.60. The van der Waals surface area contributed by atoms with Crippen LogP contribution in [0.3, 0.4) is 0 Å². The minimum absolute atomic E-state index is 0.0712. The Morgan fingerprint density at radius 2 is 1.56 bits per heavy atom. The quantitative estimate of drug-likeness (QED) is 0.562. The van der Waals surface area contributed by atoms with E-state index in [1.165, 1.54) is 12.1 Å². The first-order chi connectivity index (χ1) is 8.70. The van der Waals surface area contributed by atoms with Crippen LogP contribution in [0.15, 0.2) is 36.4 Å². The van der Waals surface area contributed by atoms with Gasteiger partial charge in [-0.3, -0.25) is 9.59 Å². The molecule has 0 N–H and O–H groups in total. The topological polar surface area (TPSA) is 37.4 Å². The second-order valence-corrected chi connectivity index (χ2v) is 4.62. The molecule has 2 aliphatic rings. The van der Waals surface area contributed by atoms with Crippen molar-refractivity contribution in [2.24, 2.45) is 11.8 Å². The molecule has 92 valence electrons. The molecule has 0 bridgehead atoms. The molecule has 0 spiro atoms. The van der Waals surface area contributed by atoms with Gasteiger partial charge in [0.05, 0.1) is 17.5 Å². The van der Waals surface area contributed by atoms with Crippen molar-refractivity contribution >= 4 is 17.5 Å². The second-order valence-electron chi connectivity index (χ2n) is 4.62. The Morgan fingerprint density at radius 1 is 1.00 bits per heavy atom. The summed E-state index contributed by atoms with van der Waals surface area (Å²) in [5.41, 5.74) is 0.0712. The van der Waals surface area contributed by atoms with Crippen LogP contribution in [0.25, 0.3) is 0 Å². The van der Waals surface area contributed by atoms with Gasteiger partial charge in [0.2, 0.25) is 11.8 Å². The maximum atomic E-state index is 13.7. The Hall–Kier alpha value is -1.97. The standard InChI is InChI=1S/C14H12FNO2/c15-11-7-3-4-8-12(11)16-13(17)9-5-1-2-6-10(9)14(16)18/h1-4,7-10H,5-6H2. The number of carbonyl (C=O) groups is 2. The number of allylic oxidation sites excluding steroid dienone is 2. The number of nitrogens with zero attached hydrogens (tertiary/aromatic N) is 1. The molecule has 18 heavy (non-hydrogen) atoms. The summed E-state index contributed by atoms with van der Waals surface area (Å²) in [6.07, 6.45) is 4.97. The van der Waals surface area contributed by atoms with Crippen molar-refractivity contribution in [3.63, 3.8) is 0 Å². The van der Waals surface area contributed by atoms with Crippen LogP contribution >= 0.6 is 0 Å². The van der Waals surface area contributed by atoms with E-state index < -0.39 is 5.82 Å². The maximum Gasteiger partial charge on any atom is 0.238 e. The van der Waals surface area contributed by atoms with Gasteiger partial charge in [-0.1, -0.05) is 24.3 Å². The highest BCUT2D eigenvalue weighted by atomic mass is 19.1. The fraction of sp³-hybridized carbons (Fsp3) is 0.286. The third-order valence-electron chi connectivity index (χ3n) is 3.60. The molecule has 2 amide bonds. The Morgan fingerprint density at radius 3 is 2.11 bits per heavy atom. The molecule has 2 unspecified atom stereocenters. The lowest BCUT2D eigenvalue weighted by atomic mass is 9.85. The molecule has 0 radical (unpaired) electrons. The average molecular weight is 245 g/mol. The number of hydrogen-bond donors (Lipinski definition) is 0. The van der Waals surface area contributed by atoms with Crippen molar-refractivity contribution in [1.82, 2.24) is 0 Å². The highest BCUT2D eigenvalue weighted by molar-refractivity contribution is 6.22. The first kappa shape index (κ1) is 11.1. The highest BCUT2D eigenvalue weighted by Crippen LogP contribution is 2.38. The first-order valence-corrected chi connectivity index (χ1v) is 5.97. The molecular weight excluding hydrogens is 233 g/mol. The third kappa shape index (κ3) is 1.49. The summed E-state index contributed by atoms with van der Waals surface area (Å²) < 4.78 is 13.7. The van der Waals surface area contributed by atoms with E-state index in [-0.39, 0.29) is 29.3 Å². The number of rotatable bonds is 1. The largest absolute Gasteiger partial charge is 0.274 e. The second kappa shape index (κ2) is 4.05. The van der Waals surface area contributed by atoms with Gasteiger partial charge in [0, 0.05) is 0 Å². The fourth-order valence-corrected chi connectivity index (χ4v) is 2.67. The summed E-state index contributed by atoms with van der Waals surface area (Å²) in [4.78, 5) is 25.4. The Labute approximate surface area is 104 Å². The Balaban J connectivity index is 2.02. The lowest BCUT2D eigenvalue weighted by Gasteiger charge is -2.15. The van der Waals surface area contributed by atoms with Crippen molar-refractivity contribution in [3.8, 4) is 0 Å². The molecule has 3 rings (SSSR count). The van der Waals surface area contributed by atoms with E-state index in [1.54, 1.807) is 12.1 Å². The Kier molecular flexibility index (Phi) is 2.51. The number of benzene rings is 1. The lowest BCUT2D eigenvalue weighted by Crippen LogP contribution is -2.31. The van der Waals surface area contributed by atoms with Gasteiger partial charge in [-0.2, -0.15) is 0 Å². The minimum Gasteiger partial charge on any atom is -0.274 e. The van der Waals surface area contributed by atoms with E-state index in [4.69, 9.17) is 0 Å². The summed E-state index contributed by atoms with van der Waals surface area (Å²) in [6.45, 7) is 0. The molecule has 1 saturated heterocycles. The lowest BCUT2D eigenvalue weighted by molar-refractivity contribution is -0.122. The molecule has 0 saturated carbocycles. The Bertz CT molecular complexity index is 526. The predicted octanol–water partition coefficient (Wildman–Crippen LogP) is 2.28. The number of carbonyl (C=O) groups excluding carboxylic acids is 2. The molecule has 4 heteroatoms. The van der Waals surface area contributed by atoms with Gasteiger partial charge in [-0.15, -0.1) is 0 Å². The van der Waals surface area contributed by atoms with Crippen molar-refractivity contribution in [2.75, 3.05) is 4.90 Å². The van der Waals surface area contributed by atoms with Gasteiger partial charge >= 0.3 is 0 Å². The normalized spacial score (nSPS) is 26.6. The molecule has 1 aromatic carbocycles. The average Bonchev–Trinajstić information content (AvgIpc) is 2.64. The van der Waals surface area contributed by atoms with Gasteiger partial charge in [0.25, 0.3) is 0 Å². The predicted molar refractivity (Wildman–Crippen MR) is 64.2 cm³/mol. The van der Waals surface area contributed by atoms with Crippen LogP contribution in [-0.2, 0) is 9.59 Å². The maximum absolute atomic E-state index is 13.7. The van der Waals surface area contributed by atoms with Crippen LogP contribution in [0, 0.1) is 17.7 Å². The number of imide groups is 1. The van der Waals surface area contributed by atoms with Crippen molar-refractivity contribution in [2.45, 2.75) is 12.8 Å². The molecule has 1 aromatic rings. The number of hydrogen-bond acceptors (Lipinski definition) is 2. The number of anilines is 1. The van der Waals surface area contributed by atoms with Gasteiger partial charge in [0.1, 0.15) is 5.82 Å². The zero-order valence-corrected chi connectivity index (χ0v) is 9.67. The number of halogens is 1. The smallest absolute Gasteiger partial charge is 0.238 e. The summed E-state index contributed by atoms with van der Waals surface area (Å²) in [5, 5.41) is 0. The number of para-hydroxylation sites is 1. The van der Waals surface area contributed by atoms with E-state index in [2.05, 4.69) is 0 Å². The van der Waals surface area contributed by atoms with Crippen LogP contribution < -0.4 is 4.90 Å². The van der Waals surface area contributed by atoms with Crippen LogP contribution in [0.5, 0.6) is 0 Å². The van der Waals surface area contributed by atoms with Crippen molar-refractivity contribution in [1.29, 1.82) is 0 Å². The van der Waals surface area contributed by atoms with Gasteiger partial charge in [-0.25, -0.2) is 9.29 Å². The van der Waals surface area contributed by atoms with E-state index in [1.807, 2.05) is 12.2 Å². The van der Waals surface area contributed by atoms with E-state index in [0.717, 1.165) is 4.90 Å². The molecule has 1 heterocycles. The van der Waals surface area contributed by atoms with Crippen LogP contribution in [0.4, 0.5) is 10.1 Å². The van der Waals surface area contributed by atoms with Crippen LogP contribution in [0.2, 0.25) is 0 Å². The molecule has 3 nitrogen and oxygen atoms in total. The molecule has 2 atom stereocenters. The molecule has 1 aliphatic heterocycles. The molecule has 1 aliphatic carbocycles. The number of fused-ring (bicyclic) bond motifs is 1. The summed E-state index contributed by atoms with van der Waals surface area (Å²) in [7, 11) is 0. The van der Waals surface area contributed by atoms with Gasteiger partial charge in [0.15, 0.2) is 0 Å². The summed E-state index contributed by atoms with van der Waals surface area (Å²) in [6, 6.07) is 5.89. The van der Waals surface area contributed by atoms with E-state index in [0.29, 0.717) is 12.8 Å². The fourth-order valence-electron chi connectivity index (χ4n) is 2.67. The first-order valence-electron chi connectivity index (χ1n) is 5.97. The van der Waals surface area contributed by atoms with Gasteiger partial charge < -0.3 is 0 Å². The van der Waals surface area contributed by atoms with Crippen LogP contribution in [0.1, 0.15) is 12.8 Å². The van der Waals surface area contributed by atoms with E-state index >= 15 is 0 Å². The molecule has 0 aromatic heterocycles. The van der Waals surface area contributed by atoms with Crippen molar-refractivity contribution < 1.29 is 14.0 Å². The molecular formula is C14H12FNO2. The monoisotopic (exact) mass is 245 g/mol. The summed E-state index contributed by atoms with van der Waals surface area (Å²) >= 11 is 0. The highest BCUT2D eigenvalue weighted by Gasteiger charge is 2.48.